The molecular weight excluding hydrogens is 424 g/mol. The van der Waals surface area contributed by atoms with Crippen LogP contribution in [0.15, 0.2) is 0 Å². The van der Waals surface area contributed by atoms with Crippen molar-refractivity contribution in [3.8, 4) is 0 Å². The number of hydrogen-bond donors (Lipinski definition) is 14. The van der Waals surface area contributed by atoms with E-state index in [1.54, 1.807) is 0 Å². The molecule has 182 valence electrons. The van der Waals surface area contributed by atoms with Gasteiger partial charge in [0.1, 0.15) is 36.6 Å². The summed E-state index contributed by atoms with van der Waals surface area (Å²) in [5.74, 6) is -3.54. The fourth-order valence-corrected chi connectivity index (χ4v) is 1.18. The van der Waals surface area contributed by atoms with Gasteiger partial charge in [0.15, 0.2) is 12.2 Å². The Balaban J connectivity index is -0.000000372. The zero-order valence-corrected chi connectivity index (χ0v) is 15.5. The molecule has 0 rings (SSSR count). The van der Waals surface area contributed by atoms with Crippen LogP contribution >= 0.6 is 0 Å². The maximum Gasteiger partial charge on any atom is 0.335 e. The first-order chi connectivity index (χ1) is 13.7. The van der Waals surface area contributed by atoms with Gasteiger partial charge in [-0.25, -0.2) is 9.59 Å². The van der Waals surface area contributed by atoms with Crippen molar-refractivity contribution in [1.82, 2.24) is 0 Å². The molecule has 0 aliphatic rings. The second-order valence-corrected chi connectivity index (χ2v) is 5.55. The van der Waals surface area contributed by atoms with Crippen molar-refractivity contribution in [3.63, 3.8) is 0 Å². The minimum Gasteiger partial charge on any atom is -0.479 e. The van der Waals surface area contributed by atoms with Crippen molar-refractivity contribution >= 4 is 11.9 Å². The van der Waals surface area contributed by atoms with Crippen molar-refractivity contribution < 1.29 is 81.1 Å². The van der Waals surface area contributed by atoms with E-state index in [0.717, 1.165) is 0 Å². The van der Waals surface area contributed by atoms with Crippen LogP contribution in [-0.2, 0) is 9.59 Å². The number of aliphatic hydroxyl groups excluding tert-OH is 12. The van der Waals surface area contributed by atoms with Gasteiger partial charge in [-0.2, -0.15) is 0 Å². The third-order valence-corrected chi connectivity index (χ3v) is 3.14. The van der Waals surface area contributed by atoms with Gasteiger partial charge in [0.05, 0.1) is 26.4 Å². The topological polar surface area (TPSA) is 317 Å². The number of hydrogen-bond acceptors (Lipinski definition) is 14. The van der Waals surface area contributed by atoms with Gasteiger partial charge in [0, 0.05) is 0 Å². The highest BCUT2D eigenvalue weighted by Crippen LogP contribution is 2.04. The van der Waals surface area contributed by atoms with E-state index in [4.69, 9.17) is 71.5 Å². The standard InChI is InChI=1S/C6H14O6.C4H6O6.C4H10O4/c7-1-3(9)5(11)6(12)4(10)2-8;5-1(3(7)8)2(6)4(9)10;5-1-3(7)4(8)2-6/h3-12H,1-2H2;1-2,5-6H,(H,7,8)(H,9,10);3-8H,1-2H2/t3-,4+,5-,6-;;3-,4+/m1../s1. The average molecular weight is 454 g/mol. The Labute approximate surface area is 169 Å². The summed E-state index contributed by atoms with van der Waals surface area (Å²) >= 11 is 0. The quantitative estimate of drug-likeness (QED) is 0.138. The summed E-state index contributed by atoms with van der Waals surface area (Å²) in [6.07, 6.45) is -13.4. The summed E-state index contributed by atoms with van der Waals surface area (Å²) in [5, 5.41) is 118. The van der Waals surface area contributed by atoms with Crippen molar-refractivity contribution in [2.45, 2.75) is 48.8 Å². The van der Waals surface area contributed by atoms with E-state index >= 15 is 0 Å². The lowest BCUT2D eigenvalue weighted by molar-refractivity contribution is -0.165. The summed E-state index contributed by atoms with van der Waals surface area (Å²) in [7, 11) is 0. The third-order valence-electron chi connectivity index (χ3n) is 3.14. The molecular formula is C14H30O16. The molecule has 8 atom stereocenters. The van der Waals surface area contributed by atoms with Gasteiger partial charge in [0.2, 0.25) is 0 Å². The number of aliphatic carboxylic acids is 2. The average Bonchev–Trinajstić information content (AvgIpc) is 2.74. The largest absolute Gasteiger partial charge is 0.479 e. The summed E-state index contributed by atoms with van der Waals surface area (Å²) in [5.41, 5.74) is 0. The van der Waals surface area contributed by atoms with E-state index in [2.05, 4.69) is 0 Å². The molecule has 0 fully saturated rings. The molecule has 16 heteroatoms. The van der Waals surface area contributed by atoms with Crippen molar-refractivity contribution in [2.24, 2.45) is 0 Å². The van der Waals surface area contributed by atoms with Crippen molar-refractivity contribution in [2.75, 3.05) is 26.4 Å². The van der Waals surface area contributed by atoms with Crippen LogP contribution in [0.2, 0.25) is 0 Å². The van der Waals surface area contributed by atoms with Gasteiger partial charge in [-0.3, -0.25) is 0 Å². The van der Waals surface area contributed by atoms with Crippen LogP contribution in [0.5, 0.6) is 0 Å². The first-order valence-corrected chi connectivity index (χ1v) is 8.06. The highest BCUT2D eigenvalue weighted by atomic mass is 16.4. The summed E-state index contributed by atoms with van der Waals surface area (Å²) in [4.78, 5) is 19.5. The van der Waals surface area contributed by atoms with E-state index in [1.165, 1.54) is 0 Å². The van der Waals surface area contributed by atoms with Gasteiger partial charge in [-0.15, -0.1) is 0 Å². The number of carbonyl (C=O) groups is 2. The molecule has 16 nitrogen and oxygen atoms in total. The first-order valence-electron chi connectivity index (χ1n) is 8.06. The van der Waals surface area contributed by atoms with E-state index < -0.39 is 87.2 Å². The van der Waals surface area contributed by atoms with Gasteiger partial charge in [-0.1, -0.05) is 0 Å². The first kappa shape index (κ1) is 33.1. The molecule has 0 radical (unpaired) electrons. The minimum atomic E-state index is -2.27. The molecule has 0 aromatic heterocycles. The maximum atomic E-state index is 9.77. The van der Waals surface area contributed by atoms with Crippen LogP contribution in [0.1, 0.15) is 0 Å². The van der Waals surface area contributed by atoms with E-state index in [-0.39, 0.29) is 0 Å². The molecule has 0 amide bonds. The Morgan fingerprint density at radius 1 is 0.467 bits per heavy atom. The molecule has 14 N–H and O–H groups in total. The van der Waals surface area contributed by atoms with Crippen molar-refractivity contribution in [3.05, 3.63) is 0 Å². The van der Waals surface area contributed by atoms with Crippen LogP contribution < -0.4 is 0 Å². The monoisotopic (exact) mass is 454 g/mol. The van der Waals surface area contributed by atoms with Gasteiger partial charge in [0.25, 0.3) is 0 Å². The third kappa shape index (κ3) is 14.4. The molecule has 2 unspecified atom stereocenters. The Bertz CT molecular complexity index is 408. The number of carboxylic acids is 2. The maximum absolute atomic E-state index is 9.77. The molecule has 0 aliphatic heterocycles. The molecule has 0 saturated carbocycles. The molecule has 0 heterocycles. The molecule has 0 aromatic carbocycles. The molecule has 0 aliphatic carbocycles. The second-order valence-electron chi connectivity index (χ2n) is 5.55. The summed E-state index contributed by atoms with van der Waals surface area (Å²) in [6.45, 7) is -2.50. The van der Waals surface area contributed by atoms with E-state index in [1.807, 2.05) is 0 Å². The second kappa shape index (κ2) is 18.2. The Kier molecular flexibility index (Phi) is 20.1. The minimum absolute atomic E-state index is 0.526. The summed E-state index contributed by atoms with van der Waals surface area (Å²) in [6, 6.07) is 0. The van der Waals surface area contributed by atoms with Crippen LogP contribution in [0, 0.1) is 0 Å². The SMILES string of the molecule is O=C(O)C(O)C(O)C(=O)O.OC[C@@H](O)[C@@H](O)CO.OC[C@@H](O)[C@@H](O)[C@H](O)[C@@H](O)CO. The molecule has 0 bridgehead atoms. The zero-order valence-electron chi connectivity index (χ0n) is 15.5. The van der Waals surface area contributed by atoms with Gasteiger partial charge < -0.3 is 71.5 Å². The smallest absolute Gasteiger partial charge is 0.335 e. The predicted octanol–water partition coefficient (Wildman–Crippen LogP) is -8.02. The number of rotatable bonds is 11. The Morgan fingerprint density at radius 2 is 0.667 bits per heavy atom. The normalized spacial score (nSPS) is 18.7. The van der Waals surface area contributed by atoms with E-state index in [9.17, 15) is 9.59 Å². The fourth-order valence-electron chi connectivity index (χ4n) is 1.18. The predicted molar refractivity (Wildman–Crippen MR) is 91.7 cm³/mol. The Morgan fingerprint density at radius 3 is 0.800 bits per heavy atom. The lowest BCUT2D eigenvalue weighted by Crippen LogP contribution is -2.46. The lowest BCUT2D eigenvalue weighted by atomic mass is 10.0. The highest BCUT2D eigenvalue weighted by molar-refractivity contribution is 5.83. The highest BCUT2D eigenvalue weighted by Gasteiger charge is 2.30. The number of carboxylic acid groups (broad SMARTS) is 2. The molecule has 0 aromatic rings. The summed E-state index contributed by atoms with van der Waals surface area (Å²) < 4.78 is 0. The van der Waals surface area contributed by atoms with Gasteiger partial charge >= 0.3 is 11.9 Å². The van der Waals surface area contributed by atoms with Crippen molar-refractivity contribution in [1.29, 1.82) is 0 Å². The zero-order chi connectivity index (χ0) is 24.6. The van der Waals surface area contributed by atoms with E-state index in [0.29, 0.717) is 0 Å². The van der Waals surface area contributed by atoms with Crippen LogP contribution in [0.4, 0.5) is 0 Å². The molecule has 0 saturated heterocycles. The molecule has 0 spiro atoms. The van der Waals surface area contributed by atoms with Crippen LogP contribution in [0.3, 0.4) is 0 Å². The molecule has 30 heavy (non-hydrogen) atoms. The number of aliphatic hydroxyl groups is 12. The fraction of sp³-hybridized carbons (Fsp3) is 0.857. The Hall–Kier alpha value is -1.54. The van der Waals surface area contributed by atoms with Crippen LogP contribution in [0.25, 0.3) is 0 Å². The van der Waals surface area contributed by atoms with Gasteiger partial charge in [-0.05, 0) is 0 Å². The lowest BCUT2D eigenvalue weighted by Gasteiger charge is -2.24. The van der Waals surface area contributed by atoms with Crippen LogP contribution in [-0.4, -0.2) is 159 Å².